The van der Waals surface area contributed by atoms with E-state index in [2.05, 4.69) is 5.32 Å². The largest absolute Gasteiger partial charge is 0.457 e. The Bertz CT molecular complexity index is 773. The van der Waals surface area contributed by atoms with Gasteiger partial charge in [-0.25, -0.2) is 4.79 Å². The SMILES string of the molecule is CC(CN)N(C)C(=O)CC(NC(N)=O)c1cccc(Oc2ccccc2)c1.Cl. The molecule has 0 fully saturated rings. The lowest BCUT2D eigenvalue weighted by molar-refractivity contribution is -0.132. The predicted octanol–water partition coefficient (Wildman–Crippen LogP) is 2.81. The quantitative estimate of drug-likeness (QED) is 0.625. The van der Waals surface area contributed by atoms with Crippen LogP contribution >= 0.6 is 12.4 Å². The van der Waals surface area contributed by atoms with Crippen molar-refractivity contribution in [2.75, 3.05) is 13.6 Å². The fourth-order valence-corrected chi connectivity index (χ4v) is 2.57. The van der Waals surface area contributed by atoms with E-state index >= 15 is 0 Å². The third-order valence-corrected chi connectivity index (χ3v) is 4.33. The second-order valence-electron chi connectivity index (χ2n) is 6.34. The number of carbonyl (C=O) groups excluding carboxylic acids is 2. The third-order valence-electron chi connectivity index (χ3n) is 4.33. The van der Waals surface area contributed by atoms with Gasteiger partial charge >= 0.3 is 6.03 Å². The number of benzene rings is 2. The number of carbonyl (C=O) groups is 2. The first-order valence-corrected chi connectivity index (χ1v) is 8.75. The minimum Gasteiger partial charge on any atom is -0.457 e. The minimum atomic E-state index is -0.697. The number of primary amides is 1. The van der Waals surface area contributed by atoms with Gasteiger partial charge in [0.25, 0.3) is 0 Å². The van der Waals surface area contributed by atoms with E-state index in [0.717, 1.165) is 5.56 Å². The Morgan fingerprint density at radius 1 is 1.11 bits per heavy atom. The van der Waals surface area contributed by atoms with Crippen molar-refractivity contribution in [3.63, 3.8) is 0 Å². The van der Waals surface area contributed by atoms with Crippen molar-refractivity contribution in [1.29, 1.82) is 0 Å². The van der Waals surface area contributed by atoms with Crippen molar-refractivity contribution >= 4 is 24.3 Å². The van der Waals surface area contributed by atoms with Crippen LogP contribution in [0.1, 0.15) is 24.9 Å². The van der Waals surface area contributed by atoms with Gasteiger partial charge in [-0.3, -0.25) is 4.79 Å². The van der Waals surface area contributed by atoms with E-state index in [1.165, 1.54) is 0 Å². The van der Waals surface area contributed by atoms with Gasteiger partial charge < -0.3 is 26.4 Å². The molecule has 0 heterocycles. The van der Waals surface area contributed by atoms with Crippen molar-refractivity contribution < 1.29 is 14.3 Å². The van der Waals surface area contributed by atoms with Crippen LogP contribution in [0.4, 0.5) is 4.79 Å². The summed E-state index contributed by atoms with van der Waals surface area (Å²) >= 11 is 0. The Kier molecular flexibility index (Phi) is 9.27. The monoisotopic (exact) mass is 406 g/mol. The number of hydrogen-bond donors (Lipinski definition) is 3. The second-order valence-corrected chi connectivity index (χ2v) is 6.34. The number of hydrogen-bond acceptors (Lipinski definition) is 4. The summed E-state index contributed by atoms with van der Waals surface area (Å²) in [4.78, 5) is 25.5. The van der Waals surface area contributed by atoms with Gasteiger partial charge in [0.05, 0.1) is 12.5 Å². The molecule has 0 aliphatic rings. The maximum absolute atomic E-state index is 12.5. The van der Waals surface area contributed by atoms with Crippen molar-refractivity contribution in [3.8, 4) is 11.5 Å². The topological polar surface area (TPSA) is 111 Å². The minimum absolute atomic E-state index is 0. The number of halogens is 1. The number of para-hydroxylation sites is 1. The van der Waals surface area contributed by atoms with E-state index in [4.69, 9.17) is 16.2 Å². The molecule has 0 aliphatic carbocycles. The van der Waals surface area contributed by atoms with Crippen molar-refractivity contribution in [3.05, 3.63) is 60.2 Å². The Labute approximate surface area is 171 Å². The molecule has 2 aromatic carbocycles. The molecule has 8 heteroatoms. The maximum Gasteiger partial charge on any atom is 0.312 e. The third kappa shape index (κ3) is 6.75. The second kappa shape index (κ2) is 11.2. The molecule has 2 rings (SSSR count). The molecule has 0 aromatic heterocycles. The summed E-state index contributed by atoms with van der Waals surface area (Å²) in [6.07, 6.45) is 0.0680. The molecule has 7 nitrogen and oxygen atoms in total. The van der Waals surface area contributed by atoms with Gasteiger partial charge in [-0.15, -0.1) is 12.4 Å². The van der Waals surface area contributed by atoms with Crippen LogP contribution in [0.25, 0.3) is 0 Å². The molecule has 0 saturated heterocycles. The Morgan fingerprint density at radius 2 is 1.75 bits per heavy atom. The molecule has 2 aromatic rings. The number of rotatable bonds is 8. The fourth-order valence-electron chi connectivity index (χ4n) is 2.57. The van der Waals surface area contributed by atoms with Crippen molar-refractivity contribution in [1.82, 2.24) is 10.2 Å². The molecule has 5 N–H and O–H groups in total. The van der Waals surface area contributed by atoms with Crippen LogP contribution in [0, 0.1) is 0 Å². The number of likely N-dealkylation sites (N-methyl/N-ethyl adjacent to an activating group) is 1. The summed E-state index contributed by atoms with van der Waals surface area (Å²) in [7, 11) is 1.69. The first-order chi connectivity index (χ1) is 12.9. The lowest BCUT2D eigenvalue weighted by Gasteiger charge is -2.26. The summed E-state index contributed by atoms with van der Waals surface area (Å²) in [6, 6.07) is 15.2. The molecule has 0 radical (unpaired) electrons. The zero-order chi connectivity index (χ0) is 19.8. The van der Waals surface area contributed by atoms with Crippen LogP contribution in [0.2, 0.25) is 0 Å². The van der Waals surface area contributed by atoms with E-state index < -0.39 is 12.1 Å². The molecule has 0 saturated carbocycles. The molecule has 28 heavy (non-hydrogen) atoms. The van der Waals surface area contributed by atoms with E-state index in [9.17, 15) is 9.59 Å². The van der Waals surface area contributed by atoms with Gasteiger partial charge in [0.2, 0.25) is 5.91 Å². The van der Waals surface area contributed by atoms with Crippen LogP contribution in [-0.4, -0.2) is 36.5 Å². The fraction of sp³-hybridized carbons (Fsp3) is 0.300. The van der Waals surface area contributed by atoms with Crippen LogP contribution in [-0.2, 0) is 4.79 Å². The zero-order valence-corrected chi connectivity index (χ0v) is 16.8. The number of ether oxygens (including phenoxy) is 1. The summed E-state index contributed by atoms with van der Waals surface area (Å²) in [5.74, 6) is 1.16. The predicted molar refractivity (Wildman–Crippen MR) is 112 cm³/mol. The van der Waals surface area contributed by atoms with Gasteiger partial charge in [0.1, 0.15) is 11.5 Å². The molecule has 0 spiro atoms. The highest BCUT2D eigenvalue weighted by Crippen LogP contribution is 2.26. The van der Waals surface area contributed by atoms with Gasteiger partial charge in [-0.2, -0.15) is 0 Å². The summed E-state index contributed by atoms with van der Waals surface area (Å²) in [5, 5.41) is 2.63. The number of urea groups is 1. The van der Waals surface area contributed by atoms with Crippen LogP contribution < -0.4 is 21.5 Å². The number of amides is 3. The summed E-state index contributed by atoms with van der Waals surface area (Å²) in [6.45, 7) is 2.22. The number of nitrogens with two attached hydrogens (primary N) is 2. The molecule has 2 unspecified atom stereocenters. The Morgan fingerprint density at radius 3 is 2.36 bits per heavy atom. The highest BCUT2D eigenvalue weighted by atomic mass is 35.5. The molecular weight excluding hydrogens is 380 g/mol. The normalized spacial score (nSPS) is 12.2. The lowest BCUT2D eigenvalue weighted by Crippen LogP contribution is -2.42. The molecule has 0 bridgehead atoms. The average molecular weight is 407 g/mol. The average Bonchev–Trinajstić information content (AvgIpc) is 2.66. The van der Waals surface area contributed by atoms with E-state index in [1.54, 1.807) is 24.1 Å². The first kappa shape index (κ1) is 23.3. The van der Waals surface area contributed by atoms with Gasteiger partial charge in [0.15, 0.2) is 0 Å². The maximum atomic E-state index is 12.5. The molecule has 3 amide bonds. The number of nitrogens with one attached hydrogen (secondary N) is 1. The Hall–Kier alpha value is -2.77. The zero-order valence-electron chi connectivity index (χ0n) is 16.0. The first-order valence-electron chi connectivity index (χ1n) is 8.75. The molecule has 2 atom stereocenters. The molecular formula is C20H27ClN4O3. The van der Waals surface area contributed by atoms with Crippen LogP contribution in [0.5, 0.6) is 11.5 Å². The highest BCUT2D eigenvalue weighted by molar-refractivity contribution is 5.85. The standard InChI is InChI=1S/C20H26N4O3.ClH/c1-14(13-21)24(2)19(25)12-18(23-20(22)26)15-7-6-10-17(11-15)27-16-8-4-3-5-9-16;/h3-11,14,18H,12-13,21H2,1-2H3,(H3,22,23,26);1H. The van der Waals surface area contributed by atoms with Crippen LogP contribution in [0.3, 0.4) is 0 Å². The molecule has 0 aliphatic heterocycles. The smallest absolute Gasteiger partial charge is 0.312 e. The molecule has 152 valence electrons. The van der Waals surface area contributed by atoms with Gasteiger partial charge in [0, 0.05) is 19.6 Å². The van der Waals surface area contributed by atoms with E-state index in [1.807, 2.05) is 49.4 Å². The summed E-state index contributed by atoms with van der Waals surface area (Å²) in [5.41, 5.74) is 11.7. The van der Waals surface area contributed by atoms with Gasteiger partial charge in [-0.1, -0.05) is 30.3 Å². The van der Waals surface area contributed by atoms with Crippen LogP contribution in [0.15, 0.2) is 54.6 Å². The van der Waals surface area contributed by atoms with Gasteiger partial charge in [-0.05, 0) is 36.8 Å². The van der Waals surface area contributed by atoms with Crippen molar-refractivity contribution in [2.45, 2.75) is 25.4 Å². The summed E-state index contributed by atoms with van der Waals surface area (Å²) < 4.78 is 5.83. The Balaban J connectivity index is 0.00000392. The number of nitrogens with zero attached hydrogens (tertiary/aromatic N) is 1. The lowest BCUT2D eigenvalue weighted by atomic mass is 10.0. The van der Waals surface area contributed by atoms with E-state index in [0.29, 0.717) is 18.0 Å². The van der Waals surface area contributed by atoms with Crippen molar-refractivity contribution in [2.24, 2.45) is 11.5 Å². The highest BCUT2D eigenvalue weighted by Gasteiger charge is 2.22. The van der Waals surface area contributed by atoms with E-state index in [-0.39, 0.29) is 30.8 Å².